The molecule has 1 unspecified atom stereocenters. The second kappa shape index (κ2) is 5.57. The maximum Gasteiger partial charge on any atom is 0.288 e. The standard InChI is InChI=1S/C13H15ClN2O3/c1-2-10-4-3-7-15(10)13(17)9-5-6-11(14)12(8-9)16(18)19/h5-6,8,10H,2-4,7H2,1H3. The molecule has 1 atom stereocenters. The maximum atomic E-state index is 12.4. The van der Waals surface area contributed by atoms with Crippen LogP contribution in [0.5, 0.6) is 0 Å². The van der Waals surface area contributed by atoms with Crippen LogP contribution in [0.2, 0.25) is 5.02 Å². The van der Waals surface area contributed by atoms with Crippen LogP contribution >= 0.6 is 11.6 Å². The van der Waals surface area contributed by atoms with Crippen molar-refractivity contribution in [2.45, 2.75) is 32.2 Å². The van der Waals surface area contributed by atoms with Crippen LogP contribution in [0.4, 0.5) is 5.69 Å². The summed E-state index contributed by atoms with van der Waals surface area (Å²) < 4.78 is 0. The van der Waals surface area contributed by atoms with Gasteiger partial charge in [-0.05, 0) is 31.4 Å². The van der Waals surface area contributed by atoms with Crippen LogP contribution < -0.4 is 0 Å². The van der Waals surface area contributed by atoms with Crippen molar-refractivity contribution < 1.29 is 9.72 Å². The van der Waals surface area contributed by atoms with E-state index in [-0.39, 0.29) is 22.7 Å². The fraction of sp³-hybridized carbons (Fsp3) is 0.462. The molecule has 0 N–H and O–H groups in total. The molecular formula is C13H15ClN2O3. The third-order valence-corrected chi connectivity index (χ3v) is 3.82. The Morgan fingerprint density at radius 2 is 2.32 bits per heavy atom. The molecule has 1 aromatic rings. The number of hydrogen-bond donors (Lipinski definition) is 0. The Morgan fingerprint density at radius 3 is 2.95 bits per heavy atom. The zero-order chi connectivity index (χ0) is 14.0. The number of nitrogens with zero attached hydrogens (tertiary/aromatic N) is 2. The number of rotatable bonds is 3. The van der Waals surface area contributed by atoms with Crippen LogP contribution in [0, 0.1) is 10.1 Å². The lowest BCUT2D eigenvalue weighted by atomic mass is 10.1. The van der Waals surface area contributed by atoms with Gasteiger partial charge in [-0.25, -0.2) is 0 Å². The minimum absolute atomic E-state index is 0.0509. The van der Waals surface area contributed by atoms with Crippen LogP contribution in [-0.2, 0) is 0 Å². The summed E-state index contributed by atoms with van der Waals surface area (Å²) in [5, 5.41) is 10.9. The molecule has 19 heavy (non-hydrogen) atoms. The molecule has 102 valence electrons. The van der Waals surface area contributed by atoms with Gasteiger partial charge in [0, 0.05) is 24.2 Å². The number of benzene rings is 1. The first kappa shape index (κ1) is 13.8. The summed E-state index contributed by atoms with van der Waals surface area (Å²) >= 11 is 5.74. The fourth-order valence-corrected chi connectivity index (χ4v) is 2.67. The normalized spacial score (nSPS) is 18.6. The Labute approximate surface area is 116 Å². The predicted octanol–water partition coefficient (Wildman–Crippen LogP) is 3.26. The summed E-state index contributed by atoms with van der Waals surface area (Å²) in [6, 6.07) is 4.45. The molecule has 1 saturated heterocycles. The van der Waals surface area contributed by atoms with Crippen molar-refractivity contribution >= 4 is 23.2 Å². The molecule has 1 aliphatic rings. The molecule has 2 rings (SSSR count). The molecule has 5 nitrogen and oxygen atoms in total. The van der Waals surface area contributed by atoms with Gasteiger partial charge in [0.25, 0.3) is 11.6 Å². The minimum atomic E-state index is -0.569. The lowest BCUT2D eigenvalue weighted by Gasteiger charge is -2.23. The zero-order valence-corrected chi connectivity index (χ0v) is 11.4. The largest absolute Gasteiger partial charge is 0.336 e. The molecule has 0 spiro atoms. The number of likely N-dealkylation sites (tertiary alicyclic amines) is 1. The second-order valence-corrected chi connectivity index (χ2v) is 5.03. The highest BCUT2D eigenvalue weighted by molar-refractivity contribution is 6.32. The number of carbonyl (C=O) groups excluding carboxylic acids is 1. The van der Waals surface area contributed by atoms with E-state index >= 15 is 0 Å². The Kier molecular flexibility index (Phi) is 4.04. The first-order chi connectivity index (χ1) is 9.04. The SMILES string of the molecule is CCC1CCCN1C(=O)c1ccc(Cl)c([N+](=O)[O-])c1. The zero-order valence-electron chi connectivity index (χ0n) is 10.6. The van der Waals surface area contributed by atoms with Crippen molar-refractivity contribution in [1.82, 2.24) is 4.90 Å². The van der Waals surface area contributed by atoms with Crippen molar-refractivity contribution in [3.05, 3.63) is 38.9 Å². The van der Waals surface area contributed by atoms with Crippen LogP contribution in [0.1, 0.15) is 36.5 Å². The van der Waals surface area contributed by atoms with E-state index in [1.165, 1.54) is 12.1 Å². The van der Waals surface area contributed by atoms with Gasteiger partial charge in [0.1, 0.15) is 5.02 Å². The Bertz CT molecular complexity index is 519. The summed E-state index contributed by atoms with van der Waals surface area (Å²) in [6.45, 7) is 2.76. The lowest BCUT2D eigenvalue weighted by Crippen LogP contribution is -2.35. The van der Waals surface area contributed by atoms with Crippen LogP contribution in [0.3, 0.4) is 0 Å². The quantitative estimate of drug-likeness (QED) is 0.631. The van der Waals surface area contributed by atoms with Gasteiger partial charge in [0.15, 0.2) is 0 Å². The van der Waals surface area contributed by atoms with E-state index < -0.39 is 4.92 Å². The van der Waals surface area contributed by atoms with E-state index in [0.29, 0.717) is 12.1 Å². The molecule has 0 saturated carbocycles. The van der Waals surface area contributed by atoms with Gasteiger partial charge in [-0.2, -0.15) is 0 Å². The molecule has 0 bridgehead atoms. The Hall–Kier alpha value is -1.62. The highest BCUT2D eigenvalue weighted by Gasteiger charge is 2.29. The summed E-state index contributed by atoms with van der Waals surface area (Å²) in [4.78, 5) is 24.4. The number of amides is 1. The average molecular weight is 283 g/mol. The topological polar surface area (TPSA) is 63.5 Å². The summed E-state index contributed by atoms with van der Waals surface area (Å²) in [5.41, 5.74) is 0.108. The molecule has 6 heteroatoms. The van der Waals surface area contributed by atoms with E-state index in [2.05, 4.69) is 0 Å². The second-order valence-electron chi connectivity index (χ2n) is 4.63. The summed E-state index contributed by atoms with van der Waals surface area (Å²) in [5.74, 6) is -0.149. The number of halogens is 1. The molecule has 0 aliphatic carbocycles. The summed E-state index contributed by atoms with van der Waals surface area (Å²) in [7, 11) is 0. The van der Waals surface area contributed by atoms with Crippen LogP contribution in [-0.4, -0.2) is 28.3 Å². The summed E-state index contributed by atoms with van der Waals surface area (Å²) in [6.07, 6.45) is 2.89. The first-order valence-corrected chi connectivity index (χ1v) is 6.67. The monoisotopic (exact) mass is 282 g/mol. The van der Waals surface area contributed by atoms with Gasteiger partial charge >= 0.3 is 0 Å². The third-order valence-electron chi connectivity index (χ3n) is 3.50. The van der Waals surface area contributed by atoms with Gasteiger partial charge in [0.05, 0.1) is 4.92 Å². The van der Waals surface area contributed by atoms with Crippen molar-refractivity contribution in [3.8, 4) is 0 Å². The van der Waals surface area contributed by atoms with Crippen LogP contribution in [0.25, 0.3) is 0 Å². The van der Waals surface area contributed by atoms with Gasteiger partial charge in [-0.15, -0.1) is 0 Å². The molecular weight excluding hydrogens is 268 g/mol. The smallest absolute Gasteiger partial charge is 0.288 e. The highest BCUT2D eigenvalue weighted by atomic mass is 35.5. The van der Waals surface area contributed by atoms with Crippen molar-refractivity contribution in [2.75, 3.05) is 6.54 Å². The van der Waals surface area contributed by atoms with Crippen molar-refractivity contribution in [2.24, 2.45) is 0 Å². The van der Waals surface area contributed by atoms with E-state index in [9.17, 15) is 14.9 Å². The fourth-order valence-electron chi connectivity index (χ4n) is 2.48. The highest BCUT2D eigenvalue weighted by Crippen LogP contribution is 2.28. The molecule has 1 aliphatic heterocycles. The number of hydrogen-bond acceptors (Lipinski definition) is 3. The van der Waals surface area contributed by atoms with E-state index in [4.69, 9.17) is 11.6 Å². The van der Waals surface area contributed by atoms with E-state index in [0.717, 1.165) is 19.3 Å². The molecule has 1 fully saturated rings. The predicted molar refractivity (Wildman–Crippen MR) is 72.5 cm³/mol. The average Bonchev–Trinajstić information content (AvgIpc) is 2.86. The third kappa shape index (κ3) is 2.71. The maximum absolute atomic E-state index is 12.4. The minimum Gasteiger partial charge on any atom is -0.336 e. The molecule has 1 heterocycles. The van der Waals surface area contributed by atoms with Crippen molar-refractivity contribution in [1.29, 1.82) is 0 Å². The van der Waals surface area contributed by atoms with Gasteiger partial charge < -0.3 is 4.90 Å². The molecule has 1 amide bonds. The van der Waals surface area contributed by atoms with Gasteiger partial charge in [-0.3, -0.25) is 14.9 Å². The van der Waals surface area contributed by atoms with Gasteiger partial charge in [0.2, 0.25) is 0 Å². The lowest BCUT2D eigenvalue weighted by molar-refractivity contribution is -0.384. The van der Waals surface area contributed by atoms with E-state index in [1.807, 2.05) is 6.92 Å². The van der Waals surface area contributed by atoms with Crippen molar-refractivity contribution in [3.63, 3.8) is 0 Å². The Morgan fingerprint density at radius 1 is 1.58 bits per heavy atom. The molecule has 0 aromatic heterocycles. The Balaban J connectivity index is 2.29. The van der Waals surface area contributed by atoms with Crippen LogP contribution in [0.15, 0.2) is 18.2 Å². The number of carbonyl (C=O) groups is 1. The van der Waals surface area contributed by atoms with Gasteiger partial charge in [-0.1, -0.05) is 18.5 Å². The molecule has 1 aromatic carbocycles. The molecule has 0 radical (unpaired) electrons. The number of nitro groups is 1. The number of nitro benzene ring substituents is 1. The first-order valence-electron chi connectivity index (χ1n) is 6.29. The van der Waals surface area contributed by atoms with E-state index in [1.54, 1.807) is 11.0 Å².